The van der Waals surface area contributed by atoms with Gasteiger partial charge in [0, 0.05) is 25.4 Å². The van der Waals surface area contributed by atoms with E-state index in [-0.39, 0.29) is 31.0 Å². The molecular formula is C36H49N7O9. The second-order valence-corrected chi connectivity index (χ2v) is 13.2. The number of hydrogen-bond acceptors (Lipinski definition) is 10. The molecule has 0 aliphatic carbocycles. The number of aliphatic carboxylic acids is 1. The number of benzene rings is 1. The first-order valence-electron chi connectivity index (χ1n) is 17.5. The lowest BCUT2D eigenvalue weighted by atomic mass is 9.95. The fourth-order valence-electron chi connectivity index (χ4n) is 6.12. The summed E-state index contributed by atoms with van der Waals surface area (Å²) in [6, 6.07) is 2.16. The number of Topliss-reactive ketones (excluding diaryl/α,β-unsaturated/α-hetero) is 1. The van der Waals surface area contributed by atoms with Crippen LogP contribution in [0.1, 0.15) is 76.4 Å². The van der Waals surface area contributed by atoms with E-state index in [1.165, 1.54) is 30.4 Å². The van der Waals surface area contributed by atoms with Gasteiger partial charge < -0.3 is 36.4 Å². The molecule has 16 heteroatoms. The number of likely N-dealkylation sites (tertiary alicyclic amines) is 1. The van der Waals surface area contributed by atoms with Gasteiger partial charge in [-0.1, -0.05) is 70.9 Å². The molecule has 1 unspecified atom stereocenters. The number of nitrogens with zero attached hydrogens (tertiary/aromatic N) is 3. The molecule has 0 spiro atoms. The Balaban J connectivity index is 1.77. The molecule has 5 amide bonds. The number of aliphatic hydroxyl groups is 1. The van der Waals surface area contributed by atoms with Gasteiger partial charge in [-0.2, -0.15) is 0 Å². The van der Waals surface area contributed by atoms with E-state index in [0.717, 1.165) is 0 Å². The maximum absolute atomic E-state index is 14.0. The lowest BCUT2D eigenvalue weighted by Crippen LogP contribution is -2.61. The molecular weight excluding hydrogens is 674 g/mol. The maximum atomic E-state index is 14.0. The summed E-state index contributed by atoms with van der Waals surface area (Å²) >= 11 is 0. The van der Waals surface area contributed by atoms with Gasteiger partial charge in [0.15, 0.2) is 0 Å². The standard InChI is InChI=1S/C36H49N7O9/c1-6-11-24(30(45)34(49)40-25(36(51)52)18-22-12-9-8-10-13-22)39-33(48)29-23(7-2)14-17-43(29)35(50)28(21(5)44)42-32(47)27(20(3)4)41-31(46)26-19-37-15-16-38-26/h8-10,12-13,15-16,19-21,23-25,27-29,44H,6-7,11,14,17-18H2,1-5H3,(H,39,48)(H,40,49)(H,41,46)(H,42,47)(H,51,52)/t21-,23+,24?,25+,27+,28+,29+/m1/s1. The Morgan fingerprint density at radius 3 is 2.15 bits per heavy atom. The van der Waals surface area contributed by atoms with E-state index in [0.29, 0.717) is 24.8 Å². The Labute approximate surface area is 302 Å². The molecule has 6 N–H and O–H groups in total. The molecule has 52 heavy (non-hydrogen) atoms. The summed E-state index contributed by atoms with van der Waals surface area (Å²) in [5, 5.41) is 30.4. The normalized spacial score (nSPS) is 18.3. The highest BCUT2D eigenvalue weighted by Gasteiger charge is 2.45. The molecule has 1 aliphatic rings. The minimum Gasteiger partial charge on any atom is -0.480 e. The Morgan fingerprint density at radius 2 is 1.60 bits per heavy atom. The number of carboxylic acids is 1. The van der Waals surface area contributed by atoms with E-state index in [4.69, 9.17) is 0 Å². The Hall–Kier alpha value is -5.25. The third-order valence-electron chi connectivity index (χ3n) is 9.00. The van der Waals surface area contributed by atoms with E-state index in [2.05, 4.69) is 31.2 Å². The zero-order valence-corrected chi connectivity index (χ0v) is 30.1. The Kier molecular flexibility index (Phi) is 15.3. The van der Waals surface area contributed by atoms with Crippen molar-refractivity contribution < 1.29 is 43.8 Å². The van der Waals surface area contributed by atoms with Crippen molar-refractivity contribution in [2.75, 3.05) is 6.54 Å². The minimum absolute atomic E-state index is 0.0214. The van der Waals surface area contributed by atoms with E-state index in [1.807, 2.05) is 6.92 Å². The number of nitrogens with one attached hydrogen (secondary N) is 4. The smallest absolute Gasteiger partial charge is 0.326 e. The molecule has 1 aliphatic heterocycles. The van der Waals surface area contributed by atoms with Gasteiger partial charge in [-0.3, -0.25) is 33.8 Å². The first-order chi connectivity index (χ1) is 24.7. The van der Waals surface area contributed by atoms with Crippen molar-refractivity contribution in [2.24, 2.45) is 11.8 Å². The van der Waals surface area contributed by atoms with Crippen LogP contribution in [0.15, 0.2) is 48.9 Å². The van der Waals surface area contributed by atoms with Gasteiger partial charge >= 0.3 is 5.97 Å². The average molecular weight is 724 g/mol. The molecule has 1 aromatic carbocycles. The van der Waals surface area contributed by atoms with Gasteiger partial charge in [-0.15, -0.1) is 0 Å². The van der Waals surface area contributed by atoms with Crippen molar-refractivity contribution in [3.8, 4) is 0 Å². The molecule has 0 saturated carbocycles. The zero-order chi connectivity index (χ0) is 38.5. The SMILES string of the molecule is CCCC(NC(=O)[C@@H]1[C@@H](CC)CCN1C(=O)[C@@H](NC(=O)[C@@H](NC(=O)c1cnccn1)C(C)C)[C@@H](C)O)C(=O)C(=O)N[C@@H](Cc1ccccc1)C(=O)O. The second-order valence-electron chi connectivity index (χ2n) is 13.2. The Morgan fingerprint density at radius 1 is 0.904 bits per heavy atom. The molecule has 7 atom stereocenters. The molecule has 282 valence electrons. The van der Waals surface area contributed by atoms with Crippen molar-refractivity contribution >= 4 is 41.3 Å². The summed E-state index contributed by atoms with van der Waals surface area (Å²) in [5.74, 6) is -7.18. The third kappa shape index (κ3) is 10.9. The van der Waals surface area contributed by atoms with Gasteiger partial charge in [-0.05, 0) is 37.2 Å². The van der Waals surface area contributed by atoms with Crippen LogP contribution < -0.4 is 21.3 Å². The molecule has 1 aromatic heterocycles. The molecule has 2 heterocycles. The minimum atomic E-state index is -1.50. The Bertz CT molecular complexity index is 1570. The van der Waals surface area contributed by atoms with Gasteiger partial charge in [0.2, 0.25) is 23.5 Å². The number of carbonyl (C=O) groups excluding carboxylic acids is 6. The van der Waals surface area contributed by atoms with Gasteiger partial charge in [0.1, 0.15) is 29.9 Å². The van der Waals surface area contributed by atoms with Crippen LogP contribution in [0, 0.1) is 11.8 Å². The number of amides is 5. The molecule has 1 saturated heterocycles. The highest BCUT2D eigenvalue weighted by atomic mass is 16.4. The van der Waals surface area contributed by atoms with Gasteiger partial charge in [0.25, 0.3) is 11.8 Å². The predicted molar refractivity (Wildman–Crippen MR) is 187 cm³/mol. The van der Waals surface area contributed by atoms with Crippen LogP contribution in [0.25, 0.3) is 0 Å². The monoisotopic (exact) mass is 723 g/mol. The van der Waals surface area contributed by atoms with E-state index < -0.39 is 83.5 Å². The largest absolute Gasteiger partial charge is 0.480 e. The van der Waals surface area contributed by atoms with E-state index in [1.54, 1.807) is 51.1 Å². The van der Waals surface area contributed by atoms with Gasteiger partial charge in [0.05, 0.1) is 18.3 Å². The van der Waals surface area contributed by atoms with Crippen LogP contribution >= 0.6 is 0 Å². The van der Waals surface area contributed by atoms with Crippen molar-refractivity contribution in [1.29, 1.82) is 0 Å². The zero-order valence-electron chi connectivity index (χ0n) is 30.1. The average Bonchev–Trinajstić information content (AvgIpc) is 3.56. The van der Waals surface area contributed by atoms with Crippen LogP contribution in [0.5, 0.6) is 0 Å². The summed E-state index contributed by atoms with van der Waals surface area (Å²) in [6.45, 7) is 8.37. The number of hydrogen-bond donors (Lipinski definition) is 6. The van der Waals surface area contributed by atoms with Crippen molar-refractivity contribution in [2.45, 2.75) is 103 Å². The number of aliphatic hydroxyl groups excluding tert-OH is 1. The molecule has 1 fully saturated rings. The van der Waals surface area contributed by atoms with Crippen molar-refractivity contribution in [3.63, 3.8) is 0 Å². The van der Waals surface area contributed by atoms with Crippen LogP contribution in [0.4, 0.5) is 0 Å². The van der Waals surface area contributed by atoms with Crippen LogP contribution in [0.2, 0.25) is 0 Å². The van der Waals surface area contributed by atoms with Crippen molar-refractivity contribution in [1.82, 2.24) is 36.1 Å². The molecule has 0 bridgehead atoms. The molecule has 16 nitrogen and oxygen atoms in total. The summed E-state index contributed by atoms with van der Waals surface area (Å²) < 4.78 is 0. The fourth-order valence-corrected chi connectivity index (χ4v) is 6.12. The number of rotatable bonds is 18. The number of carbonyl (C=O) groups is 7. The summed E-state index contributed by atoms with van der Waals surface area (Å²) in [7, 11) is 0. The number of aromatic nitrogens is 2. The first kappa shape index (κ1) is 41.2. The quantitative estimate of drug-likeness (QED) is 0.115. The summed E-state index contributed by atoms with van der Waals surface area (Å²) in [4.78, 5) is 101. The topological polar surface area (TPSA) is 237 Å². The number of ketones is 1. The van der Waals surface area contributed by atoms with Crippen molar-refractivity contribution in [3.05, 3.63) is 60.2 Å². The fraction of sp³-hybridized carbons (Fsp3) is 0.528. The third-order valence-corrected chi connectivity index (χ3v) is 9.00. The summed E-state index contributed by atoms with van der Waals surface area (Å²) in [5.41, 5.74) is 0.614. The molecule has 3 rings (SSSR count). The van der Waals surface area contributed by atoms with Crippen LogP contribution in [-0.4, -0.2) is 109 Å². The van der Waals surface area contributed by atoms with Crippen LogP contribution in [-0.2, 0) is 35.2 Å². The lowest BCUT2D eigenvalue weighted by Gasteiger charge is -2.33. The van der Waals surface area contributed by atoms with Gasteiger partial charge in [-0.25, -0.2) is 9.78 Å². The maximum Gasteiger partial charge on any atom is 0.326 e. The first-order valence-corrected chi connectivity index (χ1v) is 17.5. The van der Waals surface area contributed by atoms with Crippen LogP contribution in [0.3, 0.4) is 0 Å². The number of carboxylic acid groups (broad SMARTS) is 1. The highest BCUT2D eigenvalue weighted by molar-refractivity contribution is 6.38. The second kappa shape index (κ2) is 19.4. The predicted octanol–water partition coefficient (Wildman–Crippen LogP) is 0.390. The summed E-state index contributed by atoms with van der Waals surface area (Å²) in [6.07, 6.45) is 3.83. The molecule has 2 aromatic rings. The highest BCUT2D eigenvalue weighted by Crippen LogP contribution is 2.29. The molecule has 0 radical (unpaired) electrons. The van der Waals surface area contributed by atoms with E-state index >= 15 is 0 Å². The van der Waals surface area contributed by atoms with E-state index in [9.17, 15) is 43.8 Å². The lowest BCUT2D eigenvalue weighted by molar-refractivity contribution is -0.147.